The highest BCUT2D eigenvalue weighted by Crippen LogP contribution is 2.63. The molecule has 0 radical (unpaired) electrons. The van der Waals surface area contributed by atoms with E-state index in [1.165, 1.54) is 0 Å². The zero-order valence-corrected chi connectivity index (χ0v) is 23.8. The number of rotatable bonds is 3. The predicted molar refractivity (Wildman–Crippen MR) is 135 cm³/mol. The molecular formula is C26H43NO4SSi. The Morgan fingerprint density at radius 3 is 2.15 bits per heavy atom. The highest BCUT2D eigenvalue weighted by atomic mass is 32.2. The first-order valence-corrected chi connectivity index (χ1v) is 15.8. The van der Waals surface area contributed by atoms with E-state index in [0.717, 1.165) is 24.8 Å². The van der Waals surface area contributed by atoms with Crippen LogP contribution in [-0.2, 0) is 18.9 Å². The maximum absolute atomic E-state index is 13.9. The maximum atomic E-state index is 13.9. The lowest BCUT2D eigenvalue weighted by molar-refractivity contribution is -0.0118. The van der Waals surface area contributed by atoms with Crippen LogP contribution in [0.1, 0.15) is 80.2 Å². The highest BCUT2D eigenvalue weighted by Gasteiger charge is 2.75. The molecule has 3 fully saturated rings. The largest absolute Gasteiger partial charge is 0.392 e. The average Bonchev–Trinajstić information content (AvgIpc) is 3.35. The monoisotopic (exact) mass is 493 g/mol. The topological polar surface area (TPSA) is 55.6 Å². The minimum absolute atomic E-state index is 0.0155. The molecule has 1 aliphatic carbocycles. The summed E-state index contributed by atoms with van der Waals surface area (Å²) < 4.78 is 43.9. The summed E-state index contributed by atoms with van der Waals surface area (Å²) in [4.78, 5) is 0.386. The van der Waals surface area contributed by atoms with Crippen LogP contribution < -0.4 is 0 Å². The molecule has 0 spiro atoms. The van der Waals surface area contributed by atoms with E-state index in [4.69, 9.17) is 8.85 Å². The van der Waals surface area contributed by atoms with Crippen LogP contribution in [0.25, 0.3) is 0 Å². The van der Waals surface area contributed by atoms with Gasteiger partial charge in [-0.25, -0.2) is 8.42 Å². The van der Waals surface area contributed by atoms with Gasteiger partial charge in [0, 0.05) is 16.0 Å². The van der Waals surface area contributed by atoms with E-state index >= 15 is 0 Å². The first-order chi connectivity index (χ1) is 15.1. The van der Waals surface area contributed by atoms with E-state index in [1.54, 1.807) is 12.1 Å². The van der Waals surface area contributed by atoms with Gasteiger partial charge in [-0.3, -0.25) is 0 Å². The summed E-state index contributed by atoms with van der Waals surface area (Å²) >= 11 is 0. The summed E-state index contributed by atoms with van der Waals surface area (Å²) in [5.41, 5.74) is 0.614. The molecule has 3 aliphatic rings. The summed E-state index contributed by atoms with van der Waals surface area (Å²) in [6.07, 6.45) is 2.87. The molecule has 5 atom stereocenters. The molecule has 2 heterocycles. The Bertz CT molecular complexity index is 979. The Labute approximate surface area is 202 Å². The third-order valence-corrected chi connectivity index (χ3v) is 15.3. The summed E-state index contributed by atoms with van der Waals surface area (Å²) in [5, 5.41) is -0.294. The SMILES string of the molecule is Cc1ccc(S(=O)(=O)N2[C@@H]3[C@@H]4CCC[C@@]32CO[Si](C(C)(C)C)(C(C)(C)C)O[C@H]4C(C)C)cc1. The van der Waals surface area contributed by atoms with E-state index in [9.17, 15) is 8.42 Å². The van der Waals surface area contributed by atoms with Crippen LogP contribution in [0, 0.1) is 18.8 Å². The van der Waals surface area contributed by atoms with Gasteiger partial charge in [-0.1, -0.05) is 79.5 Å². The van der Waals surface area contributed by atoms with Gasteiger partial charge in [-0.2, -0.15) is 4.31 Å². The molecule has 186 valence electrons. The van der Waals surface area contributed by atoms with Crippen LogP contribution >= 0.6 is 0 Å². The molecule has 0 N–H and O–H groups in total. The van der Waals surface area contributed by atoms with Gasteiger partial charge in [0.05, 0.1) is 29.2 Å². The lowest BCUT2D eigenvalue weighted by Crippen LogP contribution is -2.63. The molecule has 1 unspecified atom stereocenters. The van der Waals surface area contributed by atoms with Crippen LogP contribution in [0.2, 0.25) is 10.1 Å². The van der Waals surface area contributed by atoms with Gasteiger partial charge in [0.2, 0.25) is 10.0 Å². The van der Waals surface area contributed by atoms with E-state index in [1.807, 2.05) is 23.4 Å². The molecule has 2 bridgehead atoms. The Morgan fingerprint density at radius 2 is 1.64 bits per heavy atom. The quantitative estimate of drug-likeness (QED) is 0.382. The molecule has 0 amide bonds. The number of sulfonamides is 1. The number of hydrogen-bond donors (Lipinski definition) is 0. The van der Waals surface area contributed by atoms with Crippen molar-refractivity contribution in [1.82, 2.24) is 4.31 Å². The molecule has 33 heavy (non-hydrogen) atoms. The molecule has 2 aliphatic heterocycles. The first kappa shape index (κ1) is 25.4. The number of aryl methyl sites for hydroxylation is 1. The van der Waals surface area contributed by atoms with Crippen LogP contribution in [0.15, 0.2) is 29.2 Å². The minimum atomic E-state index is -3.61. The van der Waals surface area contributed by atoms with Gasteiger partial charge >= 0.3 is 8.56 Å². The molecule has 1 aromatic rings. The zero-order valence-electron chi connectivity index (χ0n) is 21.9. The Hall–Kier alpha value is -0.733. The first-order valence-electron chi connectivity index (χ1n) is 12.5. The van der Waals surface area contributed by atoms with E-state index < -0.39 is 24.1 Å². The van der Waals surface area contributed by atoms with Crippen LogP contribution in [0.5, 0.6) is 0 Å². The molecule has 4 rings (SSSR count). The highest BCUT2D eigenvalue weighted by molar-refractivity contribution is 7.89. The fraction of sp³-hybridized carbons (Fsp3) is 0.769. The Kier molecular flexibility index (Phi) is 6.06. The van der Waals surface area contributed by atoms with Crippen molar-refractivity contribution in [1.29, 1.82) is 0 Å². The maximum Gasteiger partial charge on any atom is 0.349 e. The van der Waals surface area contributed by atoms with E-state index in [0.29, 0.717) is 11.5 Å². The van der Waals surface area contributed by atoms with Crippen molar-refractivity contribution < 1.29 is 17.3 Å². The second kappa shape index (κ2) is 7.89. The third-order valence-electron chi connectivity index (χ3n) is 8.19. The second-order valence-corrected chi connectivity index (χ2v) is 19.5. The van der Waals surface area contributed by atoms with Crippen molar-refractivity contribution in [2.24, 2.45) is 11.8 Å². The Morgan fingerprint density at radius 1 is 1.06 bits per heavy atom. The molecule has 1 aromatic carbocycles. The van der Waals surface area contributed by atoms with Crippen LogP contribution in [-0.4, -0.2) is 45.6 Å². The van der Waals surface area contributed by atoms with Gasteiger partial charge < -0.3 is 8.85 Å². The van der Waals surface area contributed by atoms with Crippen molar-refractivity contribution in [3.8, 4) is 0 Å². The summed E-state index contributed by atoms with van der Waals surface area (Å²) in [5.74, 6) is 0.480. The summed E-state index contributed by atoms with van der Waals surface area (Å²) in [6.45, 7) is 20.3. The van der Waals surface area contributed by atoms with Crippen molar-refractivity contribution in [3.05, 3.63) is 29.8 Å². The molecule has 0 aromatic heterocycles. The number of hydrogen-bond acceptors (Lipinski definition) is 4. The minimum Gasteiger partial charge on any atom is -0.392 e. The Balaban J connectivity index is 1.83. The molecule has 1 saturated carbocycles. The van der Waals surface area contributed by atoms with Crippen LogP contribution in [0.3, 0.4) is 0 Å². The molecular weight excluding hydrogens is 450 g/mol. The van der Waals surface area contributed by atoms with E-state index in [2.05, 4.69) is 55.4 Å². The van der Waals surface area contributed by atoms with Gasteiger partial charge in [0.1, 0.15) is 0 Å². The van der Waals surface area contributed by atoms with Crippen molar-refractivity contribution in [2.75, 3.05) is 6.61 Å². The smallest absolute Gasteiger partial charge is 0.349 e. The van der Waals surface area contributed by atoms with Crippen molar-refractivity contribution in [3.63, 3.8) is 0 Å². The standard InChI is InChI=1S/C26H43NO4SSi/c1-18(2)22-21-11-10-16-26(17-30-33(31-22,24(4,5)6)25(7,8)9)23(21)27(26)32(28,29)20-14-12-19(3)13-15-20/h12-15,18,21-23H,10-11,16-17H2,1-9H3/t21-,22+,23-,26-,27?/m1/s1. The van der Waals surface area contributed by atoms with Crippen molar-refractivity contribution >= 4 is 18.6 Å². The molecule has 7 heteroatoms. The average molecular weight is 494 g/mol. The lowest BCUT2D eigenvalue weighted by Gasteiger charge is -2.54. The molecule has 2 saturated heterocycles. The van der Waals surface area contributed by atoms with Crippen LogP contribution in [0.4, 0.5) is 0 Å². The van der Waals surface area contributed by atoms with Gasteiger partial charge in [-0.05, 0) is 37.8 Å². The zero-order chi connectivity index (χ0) is 24.6. The summed E-state index contributed by atoms with van der Waals surface area (Å²) in [6, 6.07) is 7.22. The van der Waals surface area contributed by atoms with Gasteiger partial charge in [0.25, 0.3) is 0 Å². The lowest BCUT2D eigenvalue weighted by atomic mass is 9.76. The van der Waals surface area contributed by atoms with E-state index in [-0.39, 0.29) is 34.1 Å². The number of benzene rings is 1. The summed E-state index contributed by atoms with van der Waals surface area (Å²) in [7, 11) is -6.38. The van der Waals surface area contributed by atoms with Gasteiger partial charge in [-0.15, -0.1) is 0 Å². The van der Waals surface area contributed by atoms with Gasteiger partial charge in [0.15, 0.2) is 0 Å². The predicted octanol–water partition coefficient (Wildman–Crippen LogP) is 6.02. The third kappa shape index (κ3) is 3.77. The fourth-order valence-electron chi connectivity index (χ4n) is 6.86. The fourth-order valence-corrected chi connectivity index (χ4v) is 14.1. The normalized spacial score (nSPS) is 34.4. The second-order valence-electron chi connectivity index (χ2n) is 13.0. The number of nitrogens with zero attached hydrogens (tertiary/aromatic N) is 1. The molecule has 5 nitrogen and oxygen atoms in total. The van der Waals surface area contributed by atoms with Crippen molar-refractivity contribution in [2.45, 2.75) is 114 Å².